The molecule has 1 saturated heterocycles. The lowest BCUT2D eigenvalue weighted by Crippen LogP contribution is -2.58. The number of nitrogens with one attached hydrogen (secondary N) is 1. The Morgan fingerprint density at radius 2 is 1.68 bits per heavy atom. The van der Waals surface area contributed by atoms with Gasteiger partial charge in [-0.05, 0) is 87.1 Å². The molecule has 0 radical (unpaired) electrons. The molecule has 2 fully saturated rings. The van der Waals surface area contributed by atoms with Gasteiger partial charge in [0.15, 0.2) is 9.84 Å². The minimum atomic E-state index is -3.66. The summed E-state index contributed by atoms with van der Waals surface area (Å²) in [5, 5.41) is 3.48. The molecule has 11 heteroatoms. The first kappa shape index (κ1) is 32.4. The third-order valence-corrected chi connectivity index (χ3v) is 11.3. The van der Waals surface area contributed by atoms with Crippen molar-refractivity contribution >= 4 is 50.5 Å². The van der Waals surface area contributed by atoms with E-state index in [1.165, 1.54) is 18.2 Å². The van der Waals surface area contributed by atoms with Crippen LogP contribution < -0.4 is 5.32 Å². The van der Waals surface area contributed by atoms with Crippen LogP contribution in [0.2, 0.25) is 10.0 Å². The predicted molar refractivity (Wildman–Crippen MR) is 170 cm³/mol. The number of benzene rings is 3. The number of morpholine rings is 1. The summed E-state index contributed by atoms with van der Waals surface area (Å²) in [5.74, 6) is -2.02. The summed E-state index contributed by atoms with van der Waals surface area (Å²) in [6, 6.07) is 18.4. The van der Waals surface area contributed by atoms with Crippen molar-refractivity contribution in [2.45, 2.75) is 69.1 Å². The molecule has 1 saturated carbocycles. The van der Waals surface area contributed by atoms with Crippen molar-refractivity contribution in [2.75, 3.05) is 11.1 Å². The van der Waals surface area contributed by atoms with E-state index in [1.54, 1.807) is 74.2 Å². The summed E-state index contributed by atoms with van der Waals surface area (Å²) < 4.78 is 47.0. The maximum Gasteiger partial charge on any atom is 0.253 e. The molecule has 3 aromatic rings. The second kappa shape index (κ2) is 12.8. The number of anilines is 1. The Kier molecular flexibility index (Phi) is 9.42. The van der Waals surface area contributed by atoms with Crippen molar-refractivity contribution in [3.8, 4) is 0 Å². The molecule has 3 aromatic carbocycles. The van der Waals surface area contributed by atoms with Gasteiger partial charge in [-0.15, -0.1) is 0 Å². The SMILES string of the molecule is CC(C)(C)S(=O)(=O)C[C@H](C1CC1)N1C(=O)[C@H](CC(=O)Nc2ccccc2F)O[C@H](c2cccc(Cl)c2)[C@H]1c1ccc(Cl)cc1. The van der Waals surface area contributed by atoms with Gasteiger partial charge in [-0.2, -0.15) is 0 Å². The highest BCUT2D eigenvalue weighted by Crippen LogP contribution is 2.48. The van der Waals surface area contributed by atoms with Gasteiger partial charge in [-0.1, -0.05) is 59.6 Å². The van der Waals surface area contributed by atoms with Crippen molar-refractivity contribution in [2.24, 2.45) is 5.92 Å². The average Bonchev–Trinajstić information content (AvgIpc) is 3.80. The summed E-state index contributed by atoms with van der Waals surface area (Å²) in [4.78, 5) is 29.3. The lowest BCUT2D eigenvalue weighted by atomic mass is 9.89. The highest BCUT2D eigenvalue weighted by atomic mass is 35.5. The molecule has 0 spiro atoms. The second-order valence-corrected chi connectivity index (χ2v) is 16.0. The fourth-order valence-corrected chi connectivity index (χ4v) is 7.24. The van der Waals surface area contributed by atoms with Gasteiger partial charge in [-0.3, -0.25) is 9.59 Å². The van der Waals surface area contributed by atoms with E-state index in [9.17, 15) is 22.4 Å². The van der Waals surface area contributed by atoms with Crippen LogP contribution >= 0.6 is 23.2 Å². The number of rotatable bonds is 9. The van der Waals surface area contributed by atoms with E-state index in [2.05, 4.69) is 5.32 Å². The molecular weight excluding hydrogens is 626 g/mol. The first-order chi connectivity index (χ1) is 20.7. The molecule has 0 bridgehead atoms. The van der Waals surface area contributed by atoms with Gasteiger partial charge in [0.25, 0.3) is 5.91 Å². The molecule has 0 aromatic heterocycles. The van der Waals surface area contributed by atoms with Crippen LogP contribution in [0.4, 0.5) is 10.1 Å². The minimum Gasteiger partial charge on any atom is -0.357 e. The standard InChI is InChI=1S/C33H35Cl2FN2O5S/c1-33(2,3)44(41,42)19-27(20-11-12-20)38-30(21-13-15-23(34)16-14-21)31(22-7-6-8-24(35)17-22)43-28(32(38)40)18-29(39)37-26-10-5-4-9-25(26)36/h4-10,13-17,20,27-28,30-31H,11-12,18-19H2,1-3H3,(H,37,39)/t27-,28+,30-,31-/m1/s1. The zero-order valence-corrected chi connectivity index (χ0v) is 27.0. The van der Waals surface area contributed by atoms with Gasteiger partial charge in [0.1, 0.15) is 18.0 Å². The minimum absolute atomic E-state index is 0.0184. The largest absolute Gasteiger partial charge is 0.357 e. The van der Waals surface area contributed by atoms with E-state index in [0.29, 0.717) is 21.2 Å². The lowest BCUT2D eigenvalue weighted by Gasteiger charge is -2.48. The van der Waals surface area contributed by atoms with Crippen molar-refractivity contribution in [3.05, 3.63) is 99.8 Å². The summed E-state index contributed by atoms with van der Waals surface area (Å²) >= 11 is 12.6. The number of halogens is 3. The fourth-order valence-electron chi connectivity index (χ4n) is 5.54. The maximum atomic E-state index is 14.5. The summed E-state index contributed by atoms with van der Waals surface area (Å²) in [5.41, 5.74) is 1.33. The van der Waals surface area contributed by atoms with Crippen LogP contribution in [0.5, 0.6) is 0 Å². The Bertz CT molecular complexity index is 1640. The summed E-state index contributed by atoms with van der Waals surface area (Å²) in [6.07, 6.45) is -0.951. The quantitative estimate of drug-likeness (QED) is 0.263. The smallest absolute Gasteiger partial charge is 0.253 e. The first-order valence-corrected chi connectivity index (χ1v) is 16.9. The van der Waals surface area contributed by atoms with Crippen LogP contribution in [0.1, 0.15) is 63.3 Å². The van der Waals surface area contributed by atoms with Crippen molar-refractivity contribution < 1.29 is 27.1 Å². The van der Waals surface area contributed by atoms with Gasteiger partial charge in [-0.25, -0.2) is 12.8 Å². The molecule has 234 valence electrons. The van der Waals surface area contributed by atoms with Gasteiger partial charge >= 0.3 is 0 Å². The van der Waals surface area contributed by atoms with Crippen LogP contribution in [0.3, 0.4) is 0 Å². The topological polar surface area (TPSA) is 92.8 Å². The lowest BCUT2D eigenvalue weighted by molar-refractivity contribution is -0.180. The molecule has 1 aliphatic heterocycles. The summed E-state index contributed by atoms with van der Waals surface area (Å²) in [7, 11) is -3.66. The molecule has 4 atom stereocenters. The molecule has 7 nitrogen and oxygen atoms in total. The Morgan fingerprint density at radius 1 is 1.00 bits per heavy atom. The van der Waals surface area contributed by atoms with Crippen LogP contribution in [0.25, 0.3) is 0 Å². The molecule has 1 N–H and O–H groups in total. The Hall–Kier alpha value is -2.98. The van der Waals surface area contributed by atoms with Gasteiger partial charge in [0, 0.05) is 16.1 Å². The average molecular weight is 662 g/mol. The molecule has 44 heavy (non-hydrogen) atoms. The highest BCUT2D eigenvalue weighted by Gasteiger charge is 2.52. The second-order valence-electron chi connectivity index (χ2n) is 12.4. The zero-order valence-electron chi connectivity index (χ0n) is 24.7. The van der Waals surface area contributed by atoms with E-state index in [1.807, 2.05) is 6.07 Å². The van der Waals surface area contributed by atoms with Crippen molar-refractivity contribution in [3.63, 3.8) is 0 Å². The Labute approximate surface area is 267 Å². The van der Waals surface area contributed by atoms with E-state index in [-0.39, 0.29) is 17.4 Å². The van der Waals surface area contributed by atoms with E-state index in [0.717, 1.165) is 12.8 Å². The number of hydrogen-bond donors (Lipinski definition) is 1. The molecule has 2 aliphatic rings. The van der Waals surface area contributed by atoms with E-state index < -0.39 is 62.9 Å². The number of para-hydroxylation sites is 1. The molecule has 5 rings (SSSR count). The number of carbonyl (C=O) groups excluding carboxylic acids is 2. The van der Waals surface area contributed by atoms with Gasteiger partial charge in [0.2, 0.25) is 5.91 Å². The monoisotopic (exact) mass is 660 g/mol. The van der Waals surface area contributed by atoms with Crippen LogP contribution in [-0.4, -0.2) is 47.8 Å². The Morgan fingerprint density at radius 3 is 2.30 bits per heavy atom. The molecular formula is C33H35Cl2FN2O5S. The predicted octanol–water partition coefficient (Wildman–Crippen LogP) is 7.16. The fraction of sp³-hybridized carbons (Fsp3) is 0.394. The van der Waals surface area contributed by atoms with Crippen LogP contribution in [-0.2, 0) is 24.2 Å². The first-order valence-electron chi connectivity index (χ1n) is 14.5. The Balaban J connectivity index is 1.60. The number of sulfone groups is 1. The third kappa shape index (κ3) is 7.12. The van der Waals surface area contributed by atoms with Crippen molar-refractivity contribution in [1.82, 2.24) is 4.90 Å². The van der Waals surface area contributed by atoms with E-state index >= 15 is 0 Å². The molecule has 1 heterocycles. The molecule has 1 aliphatic carbocycles. The zero-order chi connectivity index (χ0) is 31.8. The third-order valence-electron chi connectivity index (χ3n) is 8.18. The van der Waals surface area contributed by atoms with Crippen molar-refractivity contribution in [1.29, 1.82) is 0 Å². The van der Waals surface area contributed by atoms with Gasteiger partial charge in [0.05, 0.1) is 28.6 Å². The van der Waals surface area contributed by atoms with Crippen LogP contribution in [0.15, 0.2) is 72.8 Å². The number of amides is 2. The molecule has 0 unspecified atom stereocenters. The van der Waals surface area contributed by atoms with E-state index in [4.69, 9.17) is 27.9 Å². The highest BCUT2D eigenvalue weighted by molar-refractivity contribution is 7.92. The number of hydrogen-bond acceptors (Lipinski definition) is 5. The number of carbonyl (C=O) groups is 2. The normalized spacial score (nSPS) is 21.6. The maximum absolute atomic E-state index is 14.5. The summed E-state index contributed by atoms with van der Waals surface area (Å²) in [6.45, 7) is 4.94. The van der Waals surface area contributed by atoms with Gasteiger partial charge < -0.3 is 15.0 Å². The number of ether oxygens (including phenoxy) is 1. The van der Waals surface area contributed by atoms with Crippen LogP contribution in [0, 0.1) is 11.7 Å². The number of nitrogens with zero attached hydrogens (tertiary/aromatic N) is 1. The molecule has 2 amide bonds.